The van der Waals surface area contributed by atoms with Crippen LogP contribution in [0.4, 0.5) is 5.82 Å². The number of pyridine rings is 1. The van der Waals surface area contributed by atoms with Crippen molar-refractivity contribution in [2.24, 2.45) is 0 Å². The summed E-state index contributed by atoms with van der Waals surface area (Å²) in [4.78, 5) is 14.8. The van der Waals surface area contributed by atoms with Crippen LogP contribution >= 0.6 is 0 Å². The molecule has 1 saturated carbocycles. The maximum atomic E-state index is 10.7. The number of anilines is 1. The van der Waals surface area contributed by atoms with Crippen molar-refractivity contribution in [2.75, 3.05) is 5.32 Å². The first kappa shape index (κ1) is 10.9. The van der Waals surface area contributed by atoms with Crippen molar-refractivity contribution in [3.8, 4) is 0 Å². The summed E-state index contributed by atoms with van der Waals surface area (Å²) in [6.45, 7) is 2.16. The van der Waals surface area contributed by atoms with Gasteiger partial charge in [0.1, 0.15) is 5.82 Å². The van der Waals surface area contributed by atoms with Gasteiger partial charge in [-0.25, -0.2) is 9.78 Å². The lowest BCUT2D eigenvalue weighted by Gasteiger charge is -2.42. The standard InChI is InChI=1S/C12H16N2O2/c1-2-12(6-3-7-12)14-10-5-4-9(8-13-10)11(15)16/h4-5,8H,2-3,6-7H2,1H3,(H,13,14)(H,15,16). The van der Waals surface area contributed by atoms with Crippen LogP contribution in [0.25, 0.3) is 0 Å². The Balaban J connectivity index is 2.07. The second-order valence-electron chi connectivity index (χ2n) is 4.35. The molecule has 4 heteroatoms. The van der Waals surface area contributed by atoms with E-state index < -0.39 is 5.97 Å². The van der Waals surface area contributed by atoms with Crippen LogP contribution in [-0.4, -0.2) is 21.6 Å². The van der Waals surface area contributed by atoms with E-state index in [1.165, 1.54) is 25.5 Å². The largest absolute Gasteiger partial charge is 0.478 e. The molecule has 0 aromatic carbocycles. The van der Waals surface area contributed by atoms with Crippen molar-refractivity contribution in [2.45, 2.75) is 38.1 Å². The van der Waals surface area contributed by atoms with Crippen LogP contribution < -0.4 is 5.32 Å². The summed E-state index contributed by atoms with van der Waals surface area (Å²) in [5.74, 6) is -0.167. The Morgan fingerprint density at radius 2 is 2.31 bits per heavy atom. The van der Waals surface area contributed by atoms with Gasteiger partial charge >= 0.3 is 5.97 Å². The molecule has 0 spiro atoms. The van der Waals surface area contributed by atoms with E-state index in [0.29, 0.717) is 0 Å². The van der Waals surface area contributed by atoms with Crippen LogP contribution in [0.5, 0.6) is 0 Å². The van der Waals surface area contributed by atoms with E-state index in [9.17, 15) is 4.79 Å². The monoisotopic (exact) mass is 220 g/mol. The number of aromatic carboxylic acids is 1. The molecule has 0 amide bonds. The van der Waals surface area contributed by atoms with E-state index >= 15 is 0 Å². The lowest BCUT2D eigenvalue weighted by Crippen LogP contribution is -2.44. The van der Waals surface area contributed by atoms with Gasteiger partial charge in [-0.15, -0.1) is 0 Å². The highest BCUT2D eigenvalue weighted by Crippen LogP contribution is 2.37. The van der Waals surface area contributed by atoms with Gasteiger partial charge in [0.25, 0.3) is 0 Å². The number of aromatic nitrogens is 1. The smallest absolute Gasteiger partial charge is 0.337 e. The molecule has 0 atom stereocenters. The SMILES string of the molecule is CCC1(Nc2ccc(C(=O)O)cn2)CCC1. The second kappa shape index (κ2) is 4.12. The highest BCUT2D eigenvalue weighted by atomic mass is 16.4. The van der Waals surface area contributed by atoms with Crippen LogP contribution in [0, 0.1) is 0 Å². The highest BCUT2D eigenvalue weighted by molar-refractivity contribution is 5.87. The minimum absolute atomic E-state index is 0.192. The van der Waals surface area contributed by atoms with Crippen molar-refractivity contribution >= 4 is 11.8 Å². The maximum Gasteiger partial charge on any atom is 0.337 e. The van der Waals surface area contributed by atoms with Gasteiger partial charge in [-0.1, -0.05) is 6.92 Å². The lowest BCUT2D eigenvalue weighted by atomic mass is 9.75. The molecule has 16 heavy (non-hydrogen) atoms. The number of carbonyl (C=O) groups is 1. The van der Waals surface area contributed by atoms with Gasteiger partial charge in [0.05, 0.1) is 5.56 Å². The number of carboxylic acid groups (broad SMARTS) is 1. The Labute approximate surface area is 94.7 Å². The van der Waals surface area contributed by atoms with Gasteiger partial charge in [-0.05, 0) is 37.8 Å². The second-order valence-corrected chi connectivity index (χ2v) is 4.35. The Hall–Kier alpha value is -1.58. The predicted octanol–water partition coefficient (Wildman–Crippen LogP) is 2.52. The summed E-state index contributed by atoms with van der Waals surface area (Å²) in [5.41, 5.74) is 0.419. The molecule has 4 nitrogen and oxygen atoms in total. The molecule has 1 fully saturated rings. The number of nitrogens with zero attached hydrogens (tertiary/aromatic N) is 1. The van der Waals surface area contributed by atoms with Crippen LogP contribution in [0.15, 0.2) is 18.3 Å². The van der Waals surface area contributed by atoms with Crippen molar-refractivity contribution in [1.82, 2.24) is 4.98 Å². The Kier molecular flexibility index (Phi) is 2.81. The van der Waals surface area contributed by atoms with Gasteiger partial charge in [-0.3, -0.25) is 0 Å². The molecular weight excluding hydrogens is 204 g/mol. The third-order valence-corrected chi connectivity index (χ3v) is 3.39. The summed E-state index contributed by atoms with van der Waals surface area (Å²) in [7, 11) is 0. The summed E-state index contributed by atoms with van der Waals surface area (Å²) in [5, 5.41) is 12.2. The van der Waals surface area contributed by atoms with E-state index in [1.807, 2.05) is 0 Å². The summed E-state index contributed by atoms with van der Waals surface area (Å²) in [6.07, 6.45) is 6.08. The first-order valence-electron chi connectivity index (χ1n) is 5.63. The molecule has 1 aliphatic rings. The zero-order valence-electron chi connectivity index (χ0n) is 9.36. The molecule has 0 saturated heterocycles. The third-order valence-electron chi connectivity index (χ3n) is 3.39. The van der Waals surface area contributed by atoms with Gasteiger partial charge in [-0.2, -0.15) is 0 Å². The molecule has 0 unspecified atom stereocenters. The molecule has 0 bridgehead atoms. The van der Waals surface area contributed by atoms with E-state index in [2.05, 4.69) is 17.2 Å². The number of nitrogens with one attached hydrogen (secondary N) is 1. The fourth-order valence-corrected chi connectivity index (χ4v) is 2.04. The Bertz CT molecular complexity index is 377. The topological polar surface area (TPSA) is 62.2 Å². The number of hydrogen-bond donors (Lipinski definition) is 2. The van der Waals surface area contributed by atoms with Crippen LogP contribution in [-0.2, 0) is 0 Å². The van der Waals surface area contributed by atoms with Gasteiger partial charge in [0.15, 0.2) is 0 Å². The van der Waals surface area contributed by atoms with E-state index in [1.54, 1.807) is 12.1 Å². The third kappa shape index (κ3) is 2.01. The van der Waals surface area contributed by atoms with Crippen LogP contribution in [0.3, 0.4) is 0 Å². The van der Waals surface area contributed by atoms with Gasteiger partial charge in [0, 0.05) is 11.7 Å². The van der Waals surface area contributed by atoms with Crippen molar-refractivity contribution in [3.63, 3.8) is 0 Å². The molecule has 0 aliphatic heterocycles. The molecule has 1 aromatic heterocycles. The minimum Gasteiger partial charge on any atom is -0.478 e. The average molecular weight is 220 g/mol. The fraction of sp³-hybridized carbons (Fsp3) is 0.500. The first-order chi connectivity index (χ1) is 7.65. The maximum absolute atomic E-state index is 10.7. The predicted molar refractivity (Wildman–Crippen MR) is 61.7 cm³/mol. The number of rotatable bonds is 4. The quantitative estimate of drug-likeness (QED) is 0.818. The first-order valence-corrected chi connectivity index (χ1v) is 5.63. The molecule has 1 aromatic rings. The highest BCUT2D eigenvalue weighted by Gasteiger charge is 2.35. The van der Waals surface area contributed by atoms with E-state index in [0.717, 1.165) is 12.2 Å². The minimum atomic E-state index is -0.937. The Morgan fingerprint density at radius 3 is 2.69 bits per heavy atom. The Morgan fingerprint density at radius 1 is 1.56 bits per heavy atom. The van der Waals surface area contributed by atoms with Crippen LogP contribution in [0.2, 0.25) is 0 Å². The van der Waals surface area contributed by atoms with E-state index in [-0.39, 0.29) is 11.1 Å². The zero-order valence-corrected chi connectivity index (χ0v) is 9.36. The van der Waals surface area contributed by atoms with Crippen molar-refractivity contribution in [1.29, 1.82) is 0 Å². The summed E-state index contributed by atoms with van der Waals surface area (Å²) >= 11 is 0. The van der Waals surface area contributed by atoms with Gasteiger partial charge in [0.2, 0.25) is 0 Å². The van der Waals surface area contributed by atoms with Crippen molar-refractivity contribution in [3.05, 3.63) is 23.9 Å². The zero-order chi connectivity index (χ0) is 11.6. The number of hydrogen-bond acceptors (Lipinski definition) is 3. The molecule has 1 aliphatic carbocycles. The fourth-order valence-electron chi connectivity index (χ4n) is 2.04. The molecule has 1 heterocycles. The average Bonchev–Trinajstić information content (AvgIpc) is 2.24. The molecule has 86 valence electrons. The lowest BCUT2D eigenvalue weighted by molar-refractivity contribution is 0.0696. The van der Waals surface area contributed by atoms with Crippen LogP contribution in [0.1, 0.15) is 43.0 Å². The van der Waals surface area contributed by atoms with Crippen molar-refractivity contribution < 1.29 is 9.90 Å². The molecule has 0 radical (unpaired) electrons. The van der Waals surface area contributed by atoms with E-state index in [4.69, 9.17) is 5.11 Å². The molecule has 2 N–H and O–H groups in total. The summed E-state index contributed by atoms with van der Waals surface area (Å²) < 4.78 is 0. The summed E-state index contributed by atoms with van der Waals surface area (Å²) in [6, 6.07) is 3.32. The normalized spacial score (nSPS) is 17.6. The molecular formula is C12H16N2O2. The molecule has 2 rings (SSSR count). The number of carboxylic acids is 1. The van der Waals surface area contributed by atoms with Gasteiger partial charge < -0.3 is 10.4 Å².